The molecular formula is C2H4BF3O4. The predicted octanol–water partition coefficient (Wildman–Crippen LogP) is -0.534. The molecule has 0 amide bonds. The van der Waals surface area contributed by atoms with Crippen molar-refractivity contribution < 1.29 is 32.6 Å². The summed E-state index contributed by atoms with van der Waals surface area (Å²) in [6, 6.07) is 0. The lowest BCUT2D eigenvalue weighted by Crippen LogP contribution is -2.23. The van der Waals surface area contributed by atoms with Crippen LogP contribution in [0.15, 0.2) is 0 Å². The highest BCUT2D eigenvalue weighted by molar-refractivity contribution is 6.32. The Kier molecular flexibility index (Phi) is 3.65. The molecule has 0 saturated heterocycles. The van der Waals surface area contributed by atoms with Gasteiger partial charge in [0.15, 0.2) is 0 Å². The number of alkyl halides is 3. The van der Waals surface area contributed by atoms with E-state index in [2.05, 4.69) is 9.39 Å². The number of ether oxygens (including phenoxy) is 1. The molecule has 0 aromatic carbocycles. The second kappa shape index (κ2) is 3.76. The summed E-state index contributed by atoms with van der Waals surface area (Å²) in [5, 5.41) is 15.7. The van der Waals surface area contributed by atoms with Gasteiger partial charge in [-0.25, -0.2) is 0 Å². The molecule has 0 fully saturated rings. The molecule has 0 aliphatic carbocycles. The van der Waals surface area contributed by atoms with E-state index in [1.165, 1.54) is 0 Å². The minimum Gasteiger partial charge on any atom is -0.402 e. The van der Waals surface area contributed by atoms with E-state index in [9.17, 15) is 13.2 Å². The Morgan fingerprint density at radius 3 is 2.10 bits per heavy atom. The largest absolute Gasteiger partial charge is 0.635 e. The van der Waals surface area contributed by atoms with Crippen molar-refractivity contribution in [2.75, 3.05) is 6.79 Å². The highest BCUT2D eigenvalue weighted by atomic mass is 19.4. The summed E-state index contributed by atoms with van der Waals surface area (Å²) in [5.41, 5.74) is 0. The fraction of sp³-hybridized carbons (Fsp3) is 1.00. The molecule has 0 aromatic heterocycles. The molecule has 0 radical (unpaired) electrons. The van der Waals surface area contributed by atoms with Gasteiger partial charge in [0, 0.05) is 0 Å². The molecule has 0 unspecified atom stereocenters. The summed E-state index contributed by atoms with van der Waals surface area (Å²) in [6.45, 7) is -1.23. The van der Waals surface area contributed by atoms with Gasteiger partial charge in [-0.2, -0.15) is 0 Å². The smallest absolute Gasteiger partial charge is 0.402 e. The third-order valence-corrected chi connectivity index (χ3v) is 0.440. The first-order valence-electron chi connectivity index (χ1n) is 2.10. The topological polar surface area (TPSA) is 58.9 Å². The van der Waals surface area contributed by atoms with E-state index in [4.69, 9.17) is 10.0 Å². The van der Waals surface area contributed by atoms with Gasteiger partial charge in [-0.1, -0.05) is 0 Å². The predicted molar refractivity (Wildman–Crippen MR) is 23.3 cm³/mol. The van der Waals surface area contributed by atoms with E-state index >= 15 is 0 Å². The Morgan fingerprint density at radius 1 is 1.30 bits per heavy atom. The first-order chi connectivity index (χ1) is 4.42. The van der Waals surface area contributed by atoms with Crippen molar-refractivity contribution >= 4 is 7.32 Å². The molecular weight excluding hydrogens is 156 g/mol. The van der Waals surface area contributed by atoms with E-state index in [1.54, 1.807) is 0 Å². The molecule has 0 saturated carbocycles. The van der Waals surface area contributed by atoms with Gasteiger partial charge in [0.2, 0.25) is 0 Å². The van der Waals surface area contributed by atoms with E-state index < -0.39 is 20.5 Å². The average Bonchev–Trinajstić information content (AvgIpc) is 1.59. The van der Waals surface area contributed by atoms with Crippen LogP contribution in [-0.4, -0.2) is 30.5 Å². The third kappa shape index (κ3) is 7.69. The van der Waals surface area contributed by atoms with Crippen LogP contribution in [0.5, 0.6) is 0 Å². The Hall–Kier alpha value is -0.305. The molecule has 0 spiro atoms. The average molecular weight is 160 g/mol. The Labute approximate surface area is 54.3 Å². The van der Waals surface area contributed by atoms with Crippen LogP contribution in [0.1, 0.15) is 0 Å². The summed E-state index contributed by atoms with van der Waals surface area (Å²) >= 11 is 0. The molecule has 0 aliphatic rings. The summed E-state index contributed by atoms with van der Waals surface area (Å²) < 4.78 is 39.7. The van der Waals surface area contributed by atoms with Gasteiger partial charge in [0.25, 0.3) is 0 Å². The van der Waals surface area contributed by atoms with Crippen LogP contribution >= 0.6 is 0 Å². The van der Waals surface area contributed by atoms with Crippen molar-refractivity contribution in [1.29, 1.82) is 0 Å². The van der Waals surface area contributed by atoms with Crippen molar-refractivity contribution in [3.8, 4) is 0 Å². The first kappa shape index (κ1) is 9.69. The maximum absolute atomic E-state index is 11.0. The SMILES string of the molecule is OB(O)OCOC(F)(F)F. The number of rotatable bonds is 3. The molecule has 60 valence electrons. The molecule has 2 N–H and O–H groups in total. The van der Waals surface area contributed by atoms with Crippen LogP contribution in [0.25, 0.3) is 0 Å². The monoisotopic (exact) mass is 160 g/mol. The number of hydrogen-bond donors (Lipinski definition) is 2. The minimum absolute atomic E-state index is 1.23. The van der Waals surface area contributed by atoms with Crippen LogP contribution in [0.3, 0.4) is 0 Å². The summed E-state index contributed by atoms with van der Waals surface area (Å²) in [5.74, 6) is 0. The highest BCUT2D eigenvalue weighted by Gasteiger charge is 2.29. The lowest BCUT2D eigenvalue weighted by molar-refractivity contribution is -0.343. The number of halogens is 3. The fourth-order valence-corrected chi connectivity index (χ4v) is 0.162. The standard InChI is InChI=1S/C2H4BF3O4/c4-2(5,6)9-1-10-3(7)8/h7-8H,1H2. The zero-order chi connectivity index (χ0) is 8.20. The van der Waals surface area contributed by atoms with Gasteiger partial charge in [-0.15, -0.1) is 13.2 Å². The second-order valence-corrected chi connectivity index (χ2v) is 1.20. The zero-order valence-electron chi connectivity index (χ0n) is 4.63. The zero-order valence-corrected chi connectivity index (χ0v) is 4.63. The van der Waals surface area contributed by atoms with Crippen LogP contribution in [0, 0.1) is 0 Å². The maximum atomic E-state index is 11.0. The Balaban J connectivity index is 3.21. The van der Waals surface area contributed by atoms with E-state index in [0.717, 1.165) is 0 Å². The molecule has 0 atom stereocenters. The van der Waals surface area contributed by atoms with Gasteiger partial charge in [-0.05, 0) is 0 Å². The van der Waals surface area contributed by atoms with Crippen molar-refractivity contribution in [2.24, 2.45) is 0 Å². The highest BCUT2D eigenvalue weighted by Crippen LogP contribution is 2.15. The van der Waals surface area contributed by atoms with E-state index in [-0.39, 0.29) is 0 Å². The fourth-order valence-electron chi connectivity index (χ4n) is 0.162. The van der Waals surface area contributed by atoms with Crippen molar-refractivity contribution in [3.05, 3.63) is 0 Å². The minimum atomic E-state index is -4.81. The van der Waals surface area contributed by atoms with Crippen molar-refractivity contribution in [3.63, 3.8) is 0 Å². The maximum Gasteiger partial charge on any atom is 0.635 e. The molecule has 0 rings (SSSR count). The van der Waals surface area contributed by atoms with Gasteiger partial charge >= 0.3 is 13.7 Å². The molecule has 0 aliphatic heterocycles. The summed E-state index contributed by atoms with van der Waals surface area (Å²) in [4.78, 5) is 0. The van der Waals surface area contributed by atoms with Crippen molar-refractivity contribution in [2.45, 2.75) is 6.36 Å². The van der Waals surface area contributed by atoms with Crippen LogP contribution in [0.4, 0.5) is 13.2 Å². The molecule has 10 heavy (non-hydrogen) atoms. The first-order valence-corrected chi connectivity index (χ1v) is 2.10. The molecule has 4 nitrogen and oxygen atoms in total. The summed E-state index contributed by atoms with van der Waals surface area (Å²) in [7, 11) is -2.25. The quantitative estimate of drug-likeness (QED) is 0.430. The van der Waals surface area contributed by atoms with Gasteiger partial charge in [0.05, 0.1) is 0 Å². The third-order valence-electron chi connectivity index (χ3n) is 0.440. The normalized spacial score (nSPS) is 11.7. The van der Waals surface area contributed by atoms with Crippen LogP contribution in [-0.2, 0) is 9.39 Å². The Bertz CT molecular complexity index is 93.0. The molecule has 0 aromatic rings. The lowest BCUT2D eigenvalue weighted by Gasteiger charge is -2.06. The number of hydrogen-bond acceptors (Lipinski definition) is 4. The van der Waals surface area contributed by atoms with Gasteiger partial charge in [-0.3, -0.25) is 4.74 Å². The van der Waals surface area contributed by atoms with Crippen LogP contribution in [0.2, 0.25) is 0 Å². The summed E-state index contributed by atoms with van der Waals surface area (Å²) in [6.07, 6.45) is -4.81. The van der Waals surface area contributed by atoms with Gasteiger partial charge in [0.1, 0.15) is 6.79 Å². The lowest BCUT2D eigenvalue weighted by atomic mass is 10.3. The molecule has 8 heteroatoms. The Morgan fingerprint density at radius 2 is 1.80 bits per heavy atom. The van der Waals surface area contributed by atoms with E-state index in [1.807, 2.05) is 0 Å². The van der Waals surface area contributed by atoms with E-state index in [0.29, 0.717) is 0 Å². The second-order valence-electron chi connectivity index (χ2n) is 1.20. The van der Waals surface area contributed by atoms with Crippen molar-refractivity contribution in [1.82, 2.24) is 0 Å². The molecule has 0 heterocycles. The van der Waals surface area contributed by atoms with Gasteiger partial charge < -0.3 is 14.7 Å². The molecule has 0 bridgehead atoms. The van der Waals surface area contributed by atoms with Crippen LogP contribution < -0.4 is 0 Å².